The average Bonchev–Trinajstić information content (AvgIpc) is 1.83. The lowest BCUT2D eigenvalue weighted by molar-refractivity contribution is -0.143. The largest absolute Gasteiger partial charge is 0.469 e. The third-order valence-corrected chi connectivity index (χ3v) is 7.28. The first-order valence-corrected chi connectivity index (χ1v) is 7.92. The number of hydrogen-bond donors (Lipinski definition) is 0. The highest BCUT2D eigenvalue weighted by atomic mass is 35.8. The second kappa shape index (κ2) is 3.52. The third kappa shape index (κ3) is 2.51. The van der Waals surface area contributed by atoms with Gasteiger partial charge in [0, 0.05) is 0 Å². The summed E-state index contributed by atoms with van der Waals surface area (Å²) in [5.41, 5.74) is 0. The summed E-state index contributed by atoms with van der Waals surface area (Å²) in [5, 5.41) is -0.980. The van der Waals surface area contributed by atoms with Crippen molar-refractivity contribution in [3.8, 4) is 0 Å². The number of esters is 1. The van der Waals surface area contributed by atoms with Gasteiger partial charge in [0.25, 0.3) is 0 Å². The van der Waals surface area contributed by atoms with Crippen molar-refractivity contribution in [2.45, 2.75) is 18.9 Å². The highest BCUT2D eigenvalue weighted by Crippen LogP contribution is 2.46. The van der Waals surface area contributed by atoms with Crippen molar-refractivity contribution >= 4 is 45.2 Å². The molecule has 0 aromatic carbocycles. The zero-order chi connectivity index (χ0) is 9.28. The number of rotatable bonds is 2. The zero-order valence-electron chi connectivity index (χ0n) is 6.45. The van der Waals surface area contributed by atoms with Crippen molar-refractivity contribution in [3.63, 3.8) is 0 Å². The summed E-state index contributed by atoms with van der Waals surface area (Å²) >= 11 is 17.0. The Morgan fingerprint density at radius 3 is 1.82 bits per heavy atom. The Bertz CT molecular complexity index is 164. The summed E-state index contributed by atoms with van der Waals surface area (Å²) in [6, 6.07) is -3.03. The Labute approximate surface area is 80.9 Å². The SMILES string of the molecule is COC(=O)C(C)(C)[Si](Cl)(Cl)Cl. The van der Waals surface area contributed by atoms with Crippen molar-refractivity contribution in [2.75, 3.05) is 7.11 Å². The number of carbonyl (C=O) groups excluding carboxylic acids is 1. The molecule has 0 heterocycles. The Balaban J connectivity index is 4.59. The van der Waals surface area contributed by atoms with Crippen LogP contribution in [0.4, 0.5) is 0 Å². The van der Waals surface area contributed by atoms with Crippen molar-refractivity contribution < 1.29 is 9.53 Å². The van der Waals surface area contributed by atoms with Gasteiger partial charge < -0.3 is 4.74 Å². The smallest absolute Gasteiger partial charge is 0.357 e. The number of carbonyl (C=O) groups is 1. The molecule has 0 atom stereocenters. The summed E-state index contributed by atoms with van der Waals surface area (Å²) in [6.45, 7) is 3.14. The van der Waals surface area contributed by atoms with E-state index in [1.54, 1.807) is 13.8 Å². The molecule has 6 heteroatoms. The van der Waals surface area contributed by atoms with E-state index in [-0.39, 0.29) is 0 Å². The minimum Gasteiger partial charge on any atom is -0.469 e. The van der Waals surface area contributed by atoms with Crippen LogP contribution in [0.5, 0.6) is 0 Å². The molecule has 0 unspecified atom stereocenters. The van der Waals surface area contributed by atoms with E-state index in [1.165, 1.54) is 7.11 Å². The Hall–Kier alpha value is 0.557. The maximum Gasteiger partial charge on any atom is 0.357 e. The first-order chi connectivity index (χ1) is 4.73. The molecule has 11 heavy (non-hydrogen) atoms. The molecular formula is C5H9Cl3O2Si. The quantitative estimate of drug-likeness (QED) is 0.418. The minimum atomic E-state index is -3.03. The molecule has 0 aromatic rings. The molecule has 2 nitrogen and oxygen atoms in total. The molecule has 0 amide bonds. The van der Waals surface area contributed by atoms with Crippen LogP contribution < -0.4 is 0 Å². The molecule has 0 rings (SSSR count). The van der Waals surface area contributed by atoms with Gasteiger partial charge in [0.05, 0.1) is 12.1 Å². The summed E-state index contributed by atoms with van der Waals surface area (Å²) in [6.07, 6.45) is 0. The topological polar surface area (TPSA) is 26.3 Å². The van der Waals surface area contributed by atoms with Crippen LogP contribution in [0.3, 0.4) is 0 Å². The van der Waals surface area contributed by atoms with E-state index in [4.69, 9.17) is 33.2 Å². The van der Waals surface area contributed by atoms with Gasteiger partial charge in [-0.1, -0.05) is 0 Å². The summed E-state index contributed by atoms with van der Waals surface area (Å²) in [7, 11) is 1.27. The minimum absolute atomic E-state index is 0.482. The van der Waals surface area contributed by atoms with Crippen LogP contribution in [-0.2, 0) is 9.53 Å². The molecule has 0 aliphatic rings. The van der Waals surface area contributed by atoms with E-state index in [9.17, 15) is 4.79 Å². The monoisotopic (exact) mass is 234 g/mol. The summed E-state index contributed by atoms with van der Waals surface area (Å²) < 4.78 is 4.48. The van der Waals surface area contributed by atoms with Gasteiger partial charge in [-0.05, 0) is 13.8 Å². The fourth-order valence-electron chi connectivity index (χ4n) is 0.371. The molecule has 66 valence electrons. The van der Waals surface area contributed by atoms with Crippen LogP contribution in [0.2, 0.25) is 5.04 Å². The lowest BCUT2D eigenvalue weighted by atomic mass is 10.2. The lowest BCUT2D eigenvalue weighted by Crippen LogP contribution is -2.36. The van der Waals surface area contributed by atoms with Crippen molar-refractivity contribution in [1.82, 2.24) is 0 Å². The van der Waals surface area contributed by atoms with Gasteiger partial charge in [0.1, 0.15) is 0 Å². The van der Waals surface area contributed by atoms with Gasteiger partial charge >= 0.3 is 12.0 Å². The van der Waals surface area contributed by atoms with Gasteiger partial charge in [0.15, 0.2) is 0 Å². The van der Waals surface area contributed by atoms with Gasteiger partial charge in [0.2, 0.25) is 0 Å². The Morgan fingerprint density at radius 1 is 1.36 bits per heavy atom. The molecular weight excluding hydrogens is 226 g/mol. The molecule has 0 N–H and O–H groups in total. The van der Waals surface area contributed by atoms with Crippen LogP contribution in [-0.4, -0.2) is 19.1 Å². The zero-order valence-corrected chi connectivity index (χ0v) is 9.72. The second-order valence-corrected chi connectivity index (χ2v) is 11.7. The lowest BCUT2D eigenvalue weighted by Gasteiger charge is -2.26. The van der Waals surface area contributed by atoms with Crippen molar-refractivity contribution in [3.05, 3.63) is 0 Å². The van der Waals surface area contributed by atoms with E-state index in [0.29, 0.717) is 0 Å². The van der Waals surface area contributed by atoms with Gasteiger partial charge in [-0.2, -0.15) is 0 Å². The first kappa shape index (κ1) is 11.6. The van der Waals surface area contributed by atoms with Crippen LogP contribution in [0, 0.1) is 0 Å². The number of methoxy groups -OCH3 is 1. The van der Waals surface area contributed by atoms with Crippen LogP contribution in [0.15, 0.2) is 0 Å². The highest BCUT2D eigenvalue weighted by Gasteiger charge is 2.50. The van der Waals surface area contributed by atoms with Gasteiger partial charge in [-0.15, -0.1) is 33.2 Å². The molecule has 0 fully saturated rings. The Kier molecular flexibility index (Phi) is 3.70. The fraction of sp³-hybridized carbons (Fsp3) is 0.800. The molecule has 0 radical (unpaired) electrons. The first-order valence-electron chi connectivity index (χ1n) is 2.88. The van der Waals surface area contributed by atoms with E-state index in [0.717, 1.165) is 0 Å². The highest BCUT2D eigenvalue weighted by molar-refractivity contribution is 7.66. The molecule has 0 bridgehead atoms. The van der Waals surface area contributed by atoms with Gasteiger partial charge in [-0.3, -0.25) is 4.79 Å². The van der Waals surface area contributed by atoms with E-state index < -0.39 is 17.0 Å². The number of ether oxygens (including phenoxy) is 1. The van der Waals surface area contributed by atoms with Crippen LogP contribution in [0.1, 0.15) is 13.8 Å². The molecule has 0 aromatic heterocycles. The van der Waals surface area contributed by atoms with Crippen LogP contribution in [0.25, 0.3) is 0 Å². The van der Waals surface area contributed by atoms with Gasteiger partial charge in [-0.25, -0.2) is 0 Å². The van der Waals surface area contributed by atoms with E-state index in [2.05, 4.69) is 4.74 Å². The standard InChI is InChI=1S/C5H9Cl3O2Si/c1-5(2,4(9)10-3)11(6,7)8/h1-3H3. The Morgan fingerprint density at radius 2 is 1.73 bits per heavy atom. The second-order valence-electron chi connectivity index (χ2n) is 2.61. The molecule has 0 saturated heterocycles. The fourth-order valence-corrected chi connectivity index (χ4v) is 1.40. The third-order valence-electron chi connectivity index (χ3n) is 1.40. The number of hydrogen-bond acceptors (Lipinski definition) is 2. The summed E-state index contributed by atoms with van der Waals surface area (Å²) in [4.78, 5) is 11.0. The number of halogens is 3. The summed E-state index contributed by atoms with van der Waals surface area (Å²) in [5.74, 6) is -0.482. The van der Waals surface area contributed by atoms with Crippen LogP contribution >= 0.6 is 33.2 Å². The maximum atomic E-state index is 11.0. The van der Waals surface area contributed by atoms with E-state index >= 15 is 0 Å². The normalized spacial score (nSPS) is 12.9. The molecule has 0 saturated carbocycles. The predicted molar refractivity (Wildman–Crippen MR) is 49.4 cm³/mol. The van der Waals surface area contributed by atoms with E-state index in [1.807, 2.05) is 0 Å². The van der Waals surface area contributed by atoms with Crippen molar-refractivity contribution in [2.24, 2.45) is 0 Å². The predicted octanol–water partition coefficient (Wildman–Crippen LogP) is 2.59. The maximum absolute atomic E-state index is 11.0. The molecule has 0 aliphatic carbocycles. The molecule has 0 spiro atoms. The molecule has 0 aliphatic heterocycles. The average molecular weight is 236 g/mol. The van der Waals surface area contributed by atoms with Crippen molar-refractivity contribution in [1.29, 1.82) is 0 Å².